The Kier molecular flexibility index (Phi) is 23.9. The first-order chi connectivity index (χ1) is 17.3. The molecule has 1 aromatic carbocycles. The van der Waals surface area contributed by atoms with E-state index in [1.54, 1.807) is 15.3 Å². The van der Waals surface area contributed by atoms with E-state index in [0.29, 0.717) is 0 Å². The first-order valence-corrected chi connectivity index (χ1v) is 17.7. The van der Waals surface area contributed by atoms with E-state index in [9.17, 15) is 0 Å². The molecule has 0 fully saturated rings. The molecule has 1 aromatic rings. The second-order valence-electron chi connectivity index (χ2n) is 11.3. The fraction of sp³-hybridized carbons (Fsp3) is 0.824. The molecular weight excluding hydrogens is 474 g/mol. The van der Waals surface area contributed by atoms with Crippen molar-refractivity contribution >= 4 is 4.16 Å². The Hall–Kier alpha value is -0.157. The van der Waals surface area contributed by atoms with Crippen LogP contribution in [0.2, 0.25) is 0 Å². The summed E-state index contributed by atoms with van der Waals surface area (Å²) in [7, 11) is 0. The van der Waals surface area contributed by atoms with Crippen molar-refractivity contribution in [3.05, 3.63) is 29.3 Å². The Morgan fingerprint density at radius 1 is 0.429 bits per heavy atom. The van der Waals surface area contributed by atoms with Crippen molar-refractivity contribution in [1.29, 1.82) is 0 Å². The van der Waals surface area contributed by atoms with Crippen LogP contribution >= 0.6 is 0 Å². The Morgan fingerprint density at radius 3 is 1.17 bits per heavy atom. The van der Waals surface area contributed by atoms with Gasteiger partial charge in [-0.2, -0.15) is 0 Å². The Morgan fingerprint density at radius 2 is 0.771 bits per heavy atom. The number of unbranched alkanes of at least 4 members (excludes halogenated alkanes) is 22. The molecule has 1 rings (SSSR count). The molecule has 0 bridgehead atoms. The summed E-state index contributed by atoms with van der Waals surface area (Å²) in [5.74, 6) is 0. The third-order valence-electron chi connectivity index (χ3n) is 7.95. The van der Waals surface area contributed by atoms with E-state index in [4.69, 9.17) is 0 Å². The van der Waals surface area contributed by atoms with Crippen LogP contribution < -0.4 is 4.16 Å². The zero-order valence-electron chi connectivity index (χ0n) is 24.3. The normalized spacial score (nSPS) is 11.4. The van der Waals surface area contributed by atoms with Crippen molar-refractivity contribution in [1.82, 2.24) is 0 Å². The maximum atomic E-state index is 2.44. The molecule has 1 heteroatoms. The molecule has 0 aliphatic carbocycles. The predicted octanol–water partition coefficient (Wildman–Crippen LogP) is 11.3. The van der Waals surface area contributed by atoms with Crippen molar-refractivity contribution in [2.75, 3.05) is 0 Å². The van der Waals surface area contributed by atoms with Crippen LogP contribution in [-0.4, -0.2) is 0 Å². The van der Waals surface area contributed by atoms with E-state index in [1.807, 2.05) is 0 Å². The summed E-state index contributed by atoms with van der Waals surface area (Å²) in [6.45, 7) is 4.61. The fourth-order valence-electron chi connectivity index (χ4n) is 5.54. The summed E-state index contributed by atoms with van der Waals surface area (Å²) in [4.78, 5) is 0. The second kappa shape index (κ2) is 25.5. The number of rotatable bonds is 26. The molecule has 35 heavy (non-hydrogen) atoms. The number of benzene rings is 1. The van der Waals surface area contributed by atoms with Gasteiger partial charge < -0.3 is 0 Å². The molecule has 0 radical (unpaired) electrons. The summed E-state index contributed by atoms with van der Waals surface area (Å²) in [5, 5.41) is 0. The average molecular weight is 535 g/mol. The van der Waals surface area contributed by atoms with Gasteiger partial charge in [0.05, 0.1) is 0 Å². The monoisotopic (exact) mass is 533 g/mol. The van der Waals surface area contributed by atoms with Gasteiger partial charge in [-0.1, -0.05) is 58.8 Å². The van der Waals surface area contributed by atoms with Gasteiger partial charge in [0, 0.05) is 0 Å². The van der Waals surface area contributed by atoms with Crippen LogP contribution in [0.3, 0.4) is 0 Å². The van der Waals surface area contributed by atoms with Gasteiger partial charge in [-0.3, -0.25) is 0 Å². The smallest absolute Gasteiger partial charge is 0.0654 e. The fourth-order valence-corrected chi connectivity index (χ4v) is 6.68. The maximum absolute atomic E-state index is 2.44. The van der Waals surface area contributed by atoms with Crippen LogP contribution in [0.15, 0.2) is 18.2 Å². The molecule has 0 heterocycles. The quantitative estimate of drug-likeness (QED) is 0.0818. The van der Waals surface area contributed by atoms with E-state index >= 15 is 0 Å². The van der Waals surface area contributed by atoms with Crippen LogP contribution in [0.25, 0.3) is 0 Å². The zero-order valence-corrected chi connectivity index (χ0v) is 27.3. The molecule has 0 amide bonds. The third-order valence-corrected chi connectivity index (χ3v) is 9.34. The van der Waals surface area contributed by atoms with Gasteiger partial charge in [-0.15, -0.1) is 0 Å². The molecule has 0 saturated carbocycles. The minimum absolute atomic E-state index is 1.32. The first kappa shape index (κ1) is 32.9. The van der Waals surface area contributed by atoms with E-state index < -0.39 is 0 Å². The van der Waals surface area contributed by atoms with E-state index in [0.717, 1.165) is 0 Å². The van der Waals surface area contributed by atoms with Crippen molar-refractivity contribution in [2.24, 2.45) is 0 Å². The minimum atomic E-state index is 1.32. The summed E-state index contributed by atoms with van der Waals surface area (Å²) in [6.07, 6.45) is 37.3. The van der Waals surface area contributed by atoms with Gasteiger partial charge in [-0.25, -0.2) is 0 Å². The van der Waals surface area contributed by atoms with Gasteiger partial charge in [-0.05, 0) is 0 Å². The van der Waals surface area contributed by atoms with Crippen LogP contribution in [-0.2, 0) is 31.1 Å². The summed E-state index contributed by atoms with van der Waals surface area (Å²) in [6, 6.07) is 7.15. The predicted molar refractivity (Wildman–Crippen MR) is 156 cm³/mol. The van der Waals surface area contributed by atoms with Crippen LogP contribution in [0, 0.1) is 0 Å². The van der Waals surface area contributed by atoms with E-state index in [-0.39, 0.29) is 0 Å². The average Bonchev–Trinajstić information content (AvgIpc) is 2.86. The molecular formula is C34H61Zn. The standard InChI is InChI=1S/C34H61.Zn/c1-3-5-7-9-11-13-15-17-19-21-23-25-29-33-31-27-28-32-34(33)30-26-24-22-20-18-16-14-12-10-8-6-4-2;/h27-28,31H,3-26,29-30H2,1-2H3;. The first-order valence-electron chi connectivity index (χ1n) is 16.2. The SMILES string of the molecule is CCCCCCCCCCCCCCc1ccc[c]([Zn])c1CCCCCCCCCCCCCC. The van der Waals surface area contributed by atoms with Crippen molar-refractivity contribution in [3.63, 3.8) is 0 Å². The summed E-state index contributed by atoms with van der Waals surface area (Å²) >= 11 is 1.32. The summed E-state index contributed by atoms with van der Waals surface area (Å²) < 4.78 is 1.66. The molecule has 0 spiro atoms. The van der Waals surface area contributed by atoms with Crippen LogP contribution in [0.5, 0.6) is 0 Å². The van der Waals surface area contributed by atoms with Crippen LogP contribution in [0.4, 0.5) is 0 Å². The molecule has 199 valence electrons. The van der Waals surface area contributed by atoms with Crippen molar-refractivity contribution in [3.8, 4) is 0 Å². The van der Waals surface area contributed by atoms with Gasteiger partial charge in [0.25, 0.3) is 0 Å². The van der Waals surface area contributed by atoms with Gasteiger partial charge in [0.2, 0.25) is 0 Å². The molecule has 0 N–H and O–H groups in total. The van der Waals surface area contributed by atoms with Crippen molar-refractivity contribution in [2.45, 2.75) is 181 Å². The topological polar surface area (TPSA) is 0 Å². The molecule has 0 unspecified atom stereocenters. The summed E-state index contributed by atoms with van der Waals surface area (Å²) in [5.41, 5.74) is 3.42. The van der Waals surface area contributed by atoms with E-state index in [1.165, 1.54) is 185 Å². The van der Waals surface area contributed by atoms with Gasteiger partial charge in [0.1, 0.15) is 0 Å². The minimum Gasteiger partial charge on any atom is -0.0654 e. The molecule has 0 aliphatic heterocycles. The number of hydrogen-bond acceptors (Lipinski definition) is 0. The van der Waals surface area contributed by atoms with Crippen molar-refractivity contribution < 1.29 is 18.3 Å². The molecule has 0 saturated heterocycles. The number of aryl methyl sites for hydroxylation is 1. The van der Waals surface area contributed by atoms with Gasteiger partial charge >= 0.3 is 174 Å². The second-order valence-corrected chi connectivity index (χ2v) is 12.9. The zero-order chi connectivity index (χ0) is 25.2. The molecule has 0 nitrogen and oxygen atoms in total. The molecule has 0 aliphatic rings. The Balaban J connectivity index is 2.05. The third kappa shape index (κ3) is 19.6. The Labute approximate surface area is 231 Å². The van der Waals surface area contributed by atoms with Crippen LogP contribution in [0.1, 0.15) is 179 Å². The number of hydrogen-bond donors (Lipinski definition) is 0. The Bertz CT molecular complexity index is 564. The molecule has 0 atom stereocenters. The van der Waals surface area contributed by atoms with Gasteiger partial charge in [0.15, 0.2) is 0 Å². The van der Waals surface area contributed by atoms with E-state index in [2.05, 4.69) is 32.0 Å². The molecule has 0 aromatic heterocycles.